The van der Waals surface area contributed by atoms with Crippen molar-refractivity contribution in [2.45, 2.75) is 0 Å². The number of carbonyl (C=O) groups is 6. The lowest BCUT2D eigenvalue weighted by Crippen LogP contribution is -2.11. The third kappa shape index (κ3) is 5.99. The Hall–Kier alpha value is -6.10. The molecular formula is C30H18O11. The first kappa shape index (κ1) is 27.9. The van der Waals surface area contributed by atoms with Crippen LogP contribution in [0, 0.1) is 0 Å². The topological polar surface area (TPSA) is 193 Å². The molecule has 0 radical (unpaired) electrons. The van der Waals surface area contributed by atoms with Crippen molar-refractivity contribution in [3.05, 3.63) is 129 Å². The van der Waals surface area contributed by atoms with Crippen LogP contribution in [0.4, 0.5) is 0 Å². The van der Waals surface area contributed by atoms with Gasteiger partial charge in [0.05, 0.1) is 22.3 Å². The number of carboxylic acids is 4. The number of benzene rings is 4. The van der Waals surface area contributed by atoms with Gasteiger partial charge in [0.25, 0.3) is 0 Å². The predicted octanol–water partition coefficient (Wildman–Crippen LogP) is 4.73. The summed E-state index contributed by atoms with van der Waals surface area (Å²) in [7, 11) is 0. The molecule has 0 aliphatic heterocycles. The zero-order chi connectivity index (χ0) is 29.8. The van der Waals surface area contributed by atoms with Crippen molar-refractivity contribution in [3.8, 4) is 11.5 Å². The van der Waals surface area contributed by atoms with Crippen LogP contribution in [0.3, 0.4) is 0 Å². The van der Waals surface area contributed by atoms with Crippen LogP contribution in [-0.2, 0) is 0 Å². The van der Waals surface area contributed by atoms with Crippen LogP contribution in [-0.4, -0.2) is 55.9 Å². The molecule has 4 aromatic carbocycles. The fourth-order valence-electron chi connectivity index (χ4n) is 3.92. The average molecular weight is 554 g/mol. The number of carboxylic acid groups (broad SMARTS) is 4. The molecule has 0 bridgehead atoms. The Kier molecular flexibility index (Phi) is 7.72. The van der Waals surface area contributed by atoms with Gasteiger partial charge in [-0.05, 0) is 72.8 Å². The van der Waals surface area contributed by atoms with Gasteiger partial charge in [0.2, 0.25) is 0 Å². The van der Waals surface area contributed by atoms with E-state index in [1.807, 2.05) is 0 Å². The van der Waals surface area contributed by atoms with E-state index in [1.54, 1.807) is 0 Å². The Balaban J connectivity index is 1.48. The molecule has 11 heteroatoms. The summed E-state index contributed by atoms with van der Waals surface area (Å²) >= 11 is 0. The molecule has 0 aromatic heterocycles. The summed E-state index contributed by atoms with van der Waals surface area (Å²) in [6, 6.07) is 18.3. The van der Waals surface area contributed by atoms with Gasteiger partial charge in [-0.2, -0.15) is 0 Å². The van der Waals surface area contributed by atoms with E-state index in [0.29, 0.717) is 11.5 Å². The number of aromatic carboxylic acids is 4. The first-order valence-electron chi connectivity index (χ1n) is 11.6. The zero-order valence-corrected chi connectivity index (χ0v) is 20.7. The molecule has 41 heavy (non-hydrogen) atoms. The van der Waals surface area contributed by atoms with Crippen LogP contribution in [0.25, 0.3) is 0 Å². The Labute approximate surface area is 230 Å². The van der Waals surface area contributed by atoms with Crippen molar-refractivity contribution in [3.63, 3.8) is 0 Å². The lowest BCUT2D eigenvalue weighted by molar-refractivity contribution is 0.0651. The van der Waals surface area contributed by atoms with E-state index in [2.05, 4.69) is 0 Å². The molecule has 11 nitrogen and oxygen atoms in total. The number of ketones is 2. The SMILES string of the molecule is O=C(c1ccc(Oc2ccc(C(=O)c3ccc(C(=O)O)c(C(=O)O)c3)cc2)cc1)c1ccc(C(=O)O)c(C(=O)O)c1. The number of hydrogen-bond acceptors (Lipinski definition) is 7. The van der Waals surface area contributed by atoms with E-state index in [0.717, 1.165) is 24.3 Å². The molecule has 0 atom stereocenters. The number of carbonyl (C=O) groups excluding carboxylic acids is 2. The lowest BCUT2D eigenvalue weighted by atomic mass is 9.98. The maximum atomic E-state index is 12.8. The van der Waals surface area contributed by atoms with Gasteiger partial charge < -0.3 is 25.2 Å². The number of ether oxygens (including phenoxy) is 1. The highest BCUT2D eigenvalue weighted by Crippen LogP contribution is 2.25. The molecule has 4 N–H and O–H groups in total. The highest BCUT2D eigenvalue weighted by atomic mass is 16.5. The van der Waals surface area contributed by atoms with Crippen molar-refractivity contribution < 1.29 is 53.9 Å². The molecule has 0 amide bonds. The van der Waals surface area contributed by atoms with Crippen molar-refractivity contribution in [2.75, 3.05) is 0 Å². The average Bonchev–Trinajstić information content (AvgIpc) is 2.96. The van der Waals surface area contributed by atoms with Crippen LogP contribution in [0.2, 0.25) is 0 Å². The highest BCUT2D eigenvalue weighted by Gasteiger charge is 2.21. The van der Waals surface area contributed by atoms with Crippen molar-refractivity contribution >= 4 is 35.4 Å². The molecule has 0 unspecified atom stereocenters. The second-order valence-corrected chi connectivity index (χ2v) is 8.55. The summed E-state index contributed by atoms with van der Waals surface area (Å²) in [6.07, 6.45) is 0. The van der Waals surface area contributed by atoms with E-state index in [4.69, 9.17) is 14.9 Å². The van der Waals surface area contributed by atoms with E-state index in [9.17, 15) is 39.0 Å². The minimum Gasteiger partial charge on any atom is -0.478 e. The molecule has 4 rings (SSSR count). The van der Waals surface area contributed by atoms with Crippen molar-refractivity contribution in [2.24, 2.45) is 0 Å². The lowest BCUT2D eigenvalue weighted by Gasteiger charge is -2.09. The molecule has 0 fully saturated rings. The largest absolute Gasteiger partial charge is 0.478 e. The van der Waals surface area contributed by atoms with Crippen LogP contribution in [0.15, 0.2) is 84.9 Å². The standard InChI is InChI=1S/C30H18O11/c31-25(17-5-11-21(27(33)34)23(13-17)29(37)38)15-1-7-19(8-2-15)41-20-9-3-16(4-10-20)26(32)18-6-12-22(28(35)36)24(14-18)30(39)40/h1-14H,(H,33,34)(H,35,36)(H,37,38)(H,39,40). The number of hydrogen-bond donors (Lipinski definition) is 4. The van der Waals surface area contributed by atoms with Gasteiger partial charge in [-0.1, -0.05) is 12.1 Å². The molecule has 0 aliphatic carbocycles. The minimum absolute atomic E-state index is 0.00519. The quantitative estimate of drug-likeness (QED) is 0.198. The van der Waals surface area contributed by atoms with Gasteiger partial charge in [-0.3, -0.25) is 9.59 Å². The molecule has 0 aliphatic rings. The Morgan fingerprint density at radius 2 is 0.683 bits per heavy atom. The molecule has 4 aromatic rings. The second-order valence-electron chi connectivity index (χ2n) is 8.55. The van der Waals surface area contributed by atoms with Crippen LogP contribution in [0.1, 0.15) is 73.3 Å². The third-order valence-corrected chi connectivity index (χ3v) is 5.95. The predicted molar refractivity (Wildman–Crippen MR) is 141 cm³/mol. The second kappa shape index (κ2) is 11.3. The molecule has 0 saturated carbocycles. The van der Waals surface area contributed by atoms with Crippen molar-refractivity contribution in [1.82, 2.24) is 0 Å². The van der Waals surface area contributed by atoms with E-state index in [1.165, 1.54) is 60.7 Å². The minimum atomic E-state index is -1.48. The number of rotatable bonds is 10. The first-order valence-corrected chi connectivity index (χ1v) is 11.6. The van der Waals surface area contributed by atoms with Crippen LogP contribution < -0.4 is 4.74 Å². The normalized spacial score (nSPS) is 10.4. The molecule has 0 heterocycles. The van der Waals surface area contributed by atoms with Gasteiger partial charge in [-0.25, -0.2) is 19.2 Å². The summed E-state index contributed by atoms with van der Waals surface area (Å²) in [5.74, 6) is -6.19. The van der Waals surface area contributed by atoms with Gasteiger partial charge in [0.15, 0.2) is 11.6 Å². The van der Waals surface area contributed by atoms with Crippen LogP contribution in [0.5, 0.6) is 11.5 Å². The summed E-state index contributed by atoms with van der Waals surface area (Å²) in [4.78, 5) is 70.9. The van der Waals surface area contributed by atoms with Gasteiger partial charge in [0.1, 0.15) is 11.5 Å². The van der Waals surface area contributed by atoms with Crippen molar-refractivity contribution in [1.29, 1.82) is 0 Å². The van der Waals surface area contributed by atoms with Crippen LogP contribution >= 0.6 is 0 Å². The van der Waals surface area contributed by atoms with Gasteiger partial charge in [-0.15, -0.1) is 0 Å². The van der Waals surface area contributed by atoms with Gasteiger partial charge >= 0.3 is 23.9 Å². The Morgan fingerprint density at radius 1 is 0.390 bits per heavy atom. The monoisotopic (exact) mass is 554 g/mol. The molecule has 0 spiro atoms. The van der Waals surface area contributed by atoms with Gasteiger partial charge in [0, 0.05) is 22.3 Å². The summed E-state index contributed by atoms with van der Waals surface area (Å²) in [6.45, 7) is 0. The summed E-state index contributed by atoms with van der Waals surface area (Å²) in [5, 5.41) is 36.9. The van der Waals surface area contributed by atoms with E-state index >= 15 is 0 Å². The molecular weight excluding hydrogens is 536 g/mol. The first-order chi connectivity index (χ1) is 19.5. The zero-order valence-electron chi connectivity index (χ0n) is 20.7. The third-order valence-electron chi connectivity index (χ3n) is 5.95. The summed E-state index contributed by atoms with van der Waals surface area (Å²) < 4.78 is 5.74. The van der Waals surface area contributed by atoms with E-state index < -0.39 is 57.7 Å². The molecule has 204 valence electrons. The fraction of sp³-hybridized carbons (Fsp3) is 0. The molecule has 0 saturated heterocycles. The Morgan fingerprint density at radius 3 is 0.976 bits per heavy atom. The maximum Gasteiger partial charge on any atom is 0.336 e. The highest BCUT2D eigenvalue weighted by molar-refractivity contribution is 6.12. The summed E-state index contributed by atoms with van der Waals surface area (Å²) in [5.41, 5.74) is -1.50. The maximum absolute atomic E-state index is 12.8. The Bertz CT molecular complexity index is 1600. The van der Waals surface area contributed by atoms with E-state index in [-0.39, 0.29) is 22.3 Å². The smallest absolute Gasteiger partial charge is 0.336 e. The fourth-order valence-corrected chi connectivity index (χ4v) is 3.92.